The first-order valence-corrected chi connectivity index (χ1v) is 9.99. The molecular formula is C24H24N6O. The second-order valence-corrected chi connectivity index (χ2v) is 7.48. The maximum Gasteiger partial charge on any atom is 0.274 e. The van der Waals surface area contributed by atoms with Crippen molar-refractivity contribution in [2.24, 2.45) is 0 Å². The van der Waals surface area contributed by atoms with Crippen molar-refractivity contribution in [1.82, 2.24) is 24.9 Å². The van der Waals surface area contributed by atoms with Gasteiger partial charge in [-0.25, -0.2) is 4.68 Å². The summed E-state index contributed by atoms with van der Waals surface area (Å²) in [6, 6.07) is 23.4. The Bertz CT molecular complexity index is 1150. The van der Waals surface area contributed by atoms with E-state index in [0.717, 1.165) is 22.5 Å². The maximum atomic E-state index is 12.9. The van der Waals surface area contributed by atoms with Crippen molar-refractivity contribution in [1.29, 1.82) is 0 Å². The molecule has 2 heterocycles. The van der Waals surface area contributed by atoms with Gasteiger partial charge in [0.05, 0.1) is 11.4 Å². The molecule has 0 aliphatic carbocycles. The normalized spacial score (nSPS) is 10.7. The van der Waals surface area contributed by atoms with Gasteiger partial charge in [0.25, 0.3) is 5.91 Å². The molecule has 0 aliphatic rings. The van der Waals surface area contributed by atoms with Crippen LogP contribution in [0.15, 0.2) is 79.0 Å². The molecule has 7 heteroatoms. The van der Waals surface area contributed by atoms with Crippen molar-refractivity contribution < 1.29 is 4.79 Å². The summed E-state index contributed by atoms with van der Waals surface area (Å²) in [5.41, 5.74) is 4.07. The number of amides is 1. The Labute approximate surface area is 181 Å². The fraction of sp³-hybridized carbons (Fsp3) is 0.167. The summed E-state index contributed by atoms with van der Waals surface area (Å²) in [6.45, 7) is 0.396. The average molecular weight is 412 g/mol. The SMILES string of the molecule is CN(Cc1cn(-c2ccccc2)nc1-c1ccccc1)C(=O)c1ccc(N(C)C)nn1. The highest BCUT2D eigenvalue weighted by Gasteiger charge is 2.19. The van der Waals surface area contributed by atoms with Crippen LogP contribution < -0.4 is 4.90 Å². The summed E-state index contributed by atoms with van der Waals surface area (Å²) < 4.78 is 1.85. The largest absolute Gasteiger partial charge is 0.361 e. The summed E-state index contributed by atoms with van der Waals surface area (Å²) >= 11 is 0. The van der Waals surface area contributed by atoms with E-state index in [1.807, 2.05) is 90.5 Å². The van der Waals surface area contributed by atoms with Crippen molar-refractivity contribution in [3.05, 3.63) is 90.3 Å². The summed E-state index contributed by atoms with van der Waals surface area (Å²) in [5, 5.41) is 13.0. The Kier molecular flexibility index (Phi) is 5.75. The standard InChI is InChI=1S/C24H24N6O/c1-28(2)22-15-14-21(25-26-22)24(31)29(3)16-19-17-30(20-12-8-5-9-13-20)27-23(19)18-10-6-4-7-11-18/h4-15,17H,16H2,1-3H3. The minimum atomic E-state index is -0.190. The van der Waals surface area contributed by atoms with Crippen molar-refractivity contribution in [2.75, 3.05) is 26.0 Å². The van der Waals surface area contributed by atoms with E-state index in [4.69, 9.17) is 5.10 Å². The zero-order valence-electron chi connectivity index (χ0n) is 17.8. The third-order valence-electron chi connectivity index (χ3n) is 4.94. The smallest absolute Gasteiger partial charge is 0.274 e. The summed E-state index contributed by atoms with van der Waals surface area (Å²) in [4.78, 5) is 16.4. The highest BCUT2D eigenvalue weighted by Crippen LogP contribution is 2.25. The van der Waals surface area contributed by atoms with Gasteiger partial charge in [-0.15, -0.1) is 10.2 Å². The van der Waals surface area contributed by atoms with E-state index in [2.05, 4.69) is 10.2 Å². The third-order valence-corrected chi connectivity index (χ3v) is 4.94. The van der Waals surface area contributed by atoms with Crippen LogP contribution in [0.3, 0.4) is 0 Å². The molecule has 0 N–H and O–H groups in total. The van der Waals surface area contributed by atoms with Crippen LogP contribution in [0, 0.1) is 0 Å². The van der Waals surface area contributed by atoms with E-state index in [1.165, 1.54) is 0 Å². The van der Waals surface area contributed by atoms with E-state index >= 15 is 0 Å². The van der Waals surface area contributed by atoms with Gasteiger partial charge in [-0.2, -0.15) is 5.10 Å². The number of hydrogen-bond donors (Lipinski definition) is 0. The average Bonchev–Trinajstić information content (AvgIpc) is 3.23. The Hall–Kier alpha value is -4.00. The number of rotatable bonds is 6. The second-order valence-electron chi connectivity index (χ2n) is 7.48. The second kappa shape index (κ2) is 8.79. The Morgan fingerprint density at radius 1 is 0.871 bits per heavy atom. The number of para-hydroxylation sites is 1. The van der Waals surface area contributed by atoms with E-state index in [1.54, 1.807) is 24.1 Å². The predicted octanol–water partition coefficient (Wildman–Crippen LogP) is 3.67. The lowest BCUT2D eigenvalue weighted by molar-refractivity contribution is 0.0778. The van der Waals surface area contributed by atoms with Crippen LogP contribution in [-0.2, 0) is 6.54 Å². The minimum Gasteiger partial charge on any atom is -0.361 e. The molecule has 2 aromatic heterocycles. The first kappa shape index (κ1) is 20.3. The number of carbonyl (C=O) groups is 1. The summed E-state index contributed by atoms with van der Waals surface area (Å²) in [7, 11) is 5.53. The molecule has 0 atom stereocenters. The molecule has 31 heavy (non-hydrogen) atoms. The number of carbonyl (C=O) groups excluding carboxylic acids is 1. The van der Waals surface area contributed by atoms with Crippen LogP contribution >= 0.6 is 0 Å². The summed E-state index contributed by atoms with van der Waals surface area (Å²) in [6.07, 6.45) is 1.97. The molecule has 0 fully saturated rings. The molecular weight excluding hydrogens is 388 g/mol. The fourth-order valence-corrected chi connectivity index (χ4v) is 3.28. The first-order chi connectivity index (χ1) is 15.0. The van der Waals surface area contributed by atoms with Gasteiger partial charge in [-0.05, 0) is 24.3 Å². The van der Waals surface area contributed by atoms with Gasteiger partial charge in [0.2, 0.25) is 0 Å². The molecule has 0 aliphatic heterocycles. The van der Waals surface area contributed by atoms with Gasteiger partial charge in [-0.1, -0.05) is 48.5 Å². The van der Waals surface area contributed by atoms with Gasteiger partial charge < -0.3 is 9.80 Å². The minimum absolute atomic E-state index is 0.190. The molecule has 4 aromatic rings. The van der Waals surface area contributed by atoms with Crippen LogP contribution in [0.1, 0.15) is 16.1 Å². The van der Waals surface area contributed by atoms with Crippen LogP contribution in [0.5, 0.6) is 0 Å². The van der Waals surface area contributed by atoms with Crippen LogP contribution in [0.25, 0.3) is 16.9 Å². The zero-order valence-corrected chi connectivity index (χ0v) is 17.8. The van der Waals surface area contributed by atoms with E-state index in [0.29, 0.717) is 18.1 Å². The number of aromatic nitrogens is 4. The van der Waals surface area contributed by atoms with Crippen molar-refractivity contribution in [3.63, 3.8) is 0 Å². The first-order valence-electron chi connectivity index (χ1n) is 9.99. The molecule has 0 bridgehead atoms. The van der Waals surface area contributed by atoms with E-state index in [9.17, 15) is 4.79 Å². The lowest BCUT2D eigenvalue weighted by atomic mass is 10.1. The number of hydrogen-bond acceptors (Lipinski definition) is 5. The molecule has 0 unspecified atom stereocenters. The quantitative estimate of drug-likeness (QED) is 0.483. The molecule has 2 aromatic carbocycles. The Morgan fingerprint density at radius 3 is 2.16 bits per heavy atom. The monoisotopic (exact) mass is 412 g/mol. The molecule has 0 radical (unpaired) electrons. The Balaban J connectivity index is 1.63. The van der Waals surface area contributed by atoms with Crippen LogP contribution in [0.4, 0.5) is 5.82 Å². The highest BCUT2D eigenvalue weighted by molar-refractivity contribution is 5.92. The number of nitrogens with zero attached hydrogens (tertiary/aromatic N) is 6. The lowest BCUT2D eigenvalue weighted by Gasteiger charge is -2.17. The molecule has 4 rings (SSSR count). The Morgan fingerprint density at radius 2 is 1.55 bits per heavy atom. The van der Waals surface area contributed by atoms with Gasteiger partial charge in [0.1, 0.15) is 0 Å². The lowest BCUT2D eigenvalue weighted by Crippen LogP contribution is -2.27. The molecule has 0 saturated heterocycles. The van der Waals surface area contributed by atoms with Crippen molar-refractivity contribution >= 4 is 11.7 Å². The van der Waals surface area contributed by atoms with Crippen molar-refractivity contribution in [2.45, 2.75) is 6.54 Å². The molecule has 0 saturated carbocycles. The van der Waals surface area contributed by atoms with Gasteiger partial charge >= 0.3 is 0 Å². The topological polar surface area (TPSA) is 67.2 Å². The zero-order chi connectivity index (χ0) is 21.8. The third kappa shape index (κ3) is 4.45. The van der Waals surface area contributed by atoms with E-state index < -0.39 is 0 Å². The molecule has 7 nitrogen and oxygen atoms in total. The fourth-order valence-electron chi connectivity index (χ4n) is 3.28. The predicted molar refractivity (Wildman–Crippen MR) is 121 cm³/mol. The molecule has 0 spiro atoms. The van der Waals surface area contributed by atoms with Crippen LogP contribution in [-0.4, -0.2) is 51.9 Å². The van der Waals surface area contributed by atoms with E-state index in [-0.39, 0.29) is 5.91 Å². The number of anilines is 1. The van der Waals surface area contributed by atoms with Crippen molar-refractivity contribution in [3.8, 4) is 16.9 Å². The summed E-state index contributed by atoms with van der Waals surface area (Å²) in [5.74, 6) is 0.513. The van der Waals surface area contributed by atoms with Crippen LogP contribution in [0.2, 0.25) is 0 Å². The van der Waals surface area contributed by atoms with Gasteiger partial charge in [0, 0.05) is 45.0 Å². The van der Waals surface area contributed by atoms with Gasteiger partial charge in [-0.3, -0.25) is 4.79 Å². The maximum absolute atomic E-state index is 12.9. The van der Waals surface area contributed by atoms with Gasteiger partial charge in [0.15, 0.2) is 11.5 Å². The molecule has 1 amide bonds. The number of benzene rings is 2. The molecule has 156 valence electrons. The highest BCUT2D eigenvalue weighted by atomic mass is 16.2.